The summed E-state index contributed by atoms with van der Waals surface area (Å²) < 4.78 is 11.2. The molecule has 1 saturated heterocycles. The number of hydrogen-bond acceptors (Lipinski definition) is 4. The Morgan fingerprint density at radius 2 is 1.83 bits per heavy atom. The van der Waals surface area contributed by atoms with Gasteiger partial charge in [0.2, 0.25) is 0 Å². The van der Waals surface area contributed by atoms with Crippen LogP contribution in [-0.2, 0) is 20.9 Å². The van der Waals surface area contributed by atoms with E-state index in [1.54, 1.807) is 0 Å². The topological polar surface area (TPSA) is 38.8 Å². The maximum atomic E-state index is 11.4. The minimum absolute atomic E-state index is 0.266. The Morgan fingerprint density at radius 3 is 2.55 bits per heavy atom. The van der Waals surface area contributed by atoms with Crippen LogP contribution in [0.15, 0.2) is 60.7 Å². The van der Waals surface area contributed by atoms with E-state index < -0.39 is 0 Å². The van der Waals surface area contributed by atoms with Gasteiger partial charge in [-0.2, -0.15) is 0 Å². The molecular weight excluding hydrogens is 362 g/mol. The van der Waals surface area contributed by atoms with Gasteiger partial charge < -0.3 is 9.47 Å². The van der Waals surface area contributed by atoms with E-state index in [4.69, 9.17) is 9.47 Å². The van der Waals surface area contributed by atoms with Crippen molar-refractivity contribution < 1.29 is 14.3 Å². The summed E-state index contributed by atoms with van der Waals surface area (Å²) in [5.74, 6) is -0.266. The van der Waals surface area contributed by atoms with Crippen LogP contribution in [0.3, 0.4) is 0 Å². The molecule has 1 aliphatic heterocycles. The van der Waals surface area contributed by atoms with Crippen LogP contribution < -0.4 is 0 Å². The Balaban J connectivity index is 1.47. The Kier molecular flexibility index (Phi) is 8.03. The van der Waals surface area contributed by atoms with Crippen molar-refractivity contribution in [3.05, 3.63) is 71.8 Å². The Labute approximate surface area is 174 Å². The van der Waals surface area contributed by atoms with Gasteiger partial charge in [-0.25, -0.2) is 4.79 Å². The summed E-state index contributed by atoms with van der Waals surface area (Å²) in [6.07, 6.45) is 5.72. The molecule has 1 aliphatic rings. The molecule has 0 bridgehead atoms. The number of hydrogen-bond donors (Lipinski definition) is 0. The molecular formula is C25H31NO3. The standard InChI is InChI=1S/C25H31NO3/c1-3-28-25(27)9-6-16-26-17-14-23(15-18-26)29-19-22-7-4-5-8-24(22)21-12-10-20(2)11-13-21/h4-13,23H,3,14-19H2,1-2H3. The number of piperidine rings is 1. The highest BCUT2D eigenvalue weighted by Crippen LogP contribution is 2.26. The number of aryl methyl sites for hydroxylation is 1. The molecule has 0 atom stereocenters. The number of ether oxygens (including phenoxy) is 2. The summed E-state index contributed by atoms with van der Waals surface area (Å²) in [5, 5.41) is 0. The quantitative estimate of drug-likeness (QED) is 0.479. The van der Waals surface area contributed by atoms with E-state index in [1.807, 2.05) is 13.0 Å². The van der Waals surface area contributed by atoms with Gasteiger partial charge in [-0.15, -0.1) is 0 Å². The van der Waals surface area contributed by atoms with Gasteiger partial charge in [-0.3, -0.25) is 4.90 Å². The van der Waals surface area contributed by atoms with Gasteiger partial charge in [0.05, 0.1) is 19.3 Å². The first-order chi connectivity index (χ1) is 14.2. The lowest BCUT2D eigenvalue weighted by atomic mass is 9.99. The minimum Gasteiger partial charge on any atom is -0.463 e. The third kappa shape index (κ3) is 6.55. The van der Waals surface area contributed by atoms with E-state index in [1.165, 1.54) is 28.3 Å². The molecule has 154 valence electrons. The number of rotatable bonds is 8. The molecule has 3 rings (SSSR count). The lowest BCUT2D eigenvalue weighted by molar-refractivity contribution is -0.137. The number of esters is 1. The van der Waals surface area contributed by atoms with Crippen molar-refractivity contribution in [1.29, 1.82) is 0 Å². The minimum atomic E-state index is -0.266. The van der Waals surface area contributed by atoms with Crippen LogP contribution >= 0.6 is 0 Å². The second-order valence-corrected chi connectivity index (χ2v) is 7.49. The van der Waals surface area contributed by atoms with E-state index in [2.05, 4.69) is 60.4 Å². The Morgan fingerprint density at radius 1 is 1.10 bits per heavy atom. The van der Waals surface area contributed by atoms with Crippen molar-refractivity contribution in [2.75, 3.05) is 26.2 Å². The fraction of sp³-hybridized carbons (Fsp3) is 0.400. The summed E-state index contributed by atoms with van der Waals surface area (Å²) >= 11 is 0. The first kappa shape index (κ1) is 21.3. The number of likely N-dealkylation sites (tertiary alicyclic amines) is 1. The van der Waals surface area contributed by atoms with E-state index in [9.17, 15) is 4.79 Å². The molecule has 2 aromatic rings. The predicted octanol–water partition coefficient (Wildman–Crippen LogP) is 4.76. The second-order valence-electron chi connectivity index (χ2n) is 7.49. The SMILES string of the molecule is CCOC(=O)C=CCN1CCC(OCc2ccccc2-c2ccc(C)cc2)CC1. The van der Waals surface area contributed by atoms with Gasteiger partial charge in [0.1, 0.15) is 0 Å². The van der Waals surface area contributed by atoms with Crippen LogP contribution in [0, 0.1) is 6.92 Å². The molecule has 0 aliphatic carbocycles. The van der Waals surface area contributed by atoms with Crippen molar-refractivity contribution in [1.82, 2.24) is 4.90 Å². The van der Waals surface area contributed by atoms with Crippen LogP contribution in [0.1, 0.15) is 30.9 Å². The lowest BCUT2D eigenvalue weighted by Gasteiger charge is -2.31. The molecule has 0 unspecified atom stereocenters. The van der Waals surface area contributed by atoms with Gasteiger partial charge in [0, 0.05) is 25.7 Å². The zero-order valence-corrected chi connectivity index (χ0v) is 17.5. The monoisotopic (exact) mass is 393 g/mol. The number of benzene rings is 2. The molecule has 0 radical (unpaired) electrons. The molecule has 29 heavy (non-hydrogen) atoms. The maximum absolute atomic E-state index is 11.4. The van der Waals surface area contributed by atoms with Crippen molar-refractivity contribution in [3.8, 4) is 11.1 Å². The molecule has 0 N–H and O–H groups in total. The highest BCUT2D eigenvalue weighted by molar-refractivity contribution is 5.81. The van der Waals surface area contributed by atoms with E-state index in [0.717, 1.165) is 32.5 Å². The van der Waals surface area contributed by atoms with Crippen LogP contribution in [0.4, 0.5) is 0 Å². The highest BCUT2D eigenvalue weighted by atomic mass is 16.5. The van der Waals surface area contributed by atoms with Crippen molar-refractivity contribution in [2.45, 2.75) is 39.4 Å². The molecule has 2 aromatic carbocycles. The van der Waals surface area contributed by atoms with Gasteiger partial charge in [-0.1, -0.05) is 60.2 Å². The van der Waals surface area contributed by atoms with Gasteiger partial charge in [-0.05, 0) is 43.4 Å². The van der Waals surface area contributed by atoms with E-state index in [-0.39, 0.29) is 12.1 Å². The summed E-state index contributed by atoms with van der Waals surface area (Å²) in [6.45, 7) is 7.72. The van der Waals surface area contributed by atoms with Crippen LogP contribution in [0.5, 0.6) is 0 Å². The van der Waals surface area contributed by atoms with Crippen molar-refractivity contribution in [3.63, 3.8) is 0 Å². The average molecular weight is 394 g/mol. The van der Waals surface area contributed by atoms with Crippen molar-refractivity contribution in [2.24, 2.45) is 0 Å². The zero-order valence-electron chi connectivity index (χ0n) is 17.5. The molecule has 0 aromatic heterocycles. The summed E-state index contributed by atoms with van der Waals surface area (Å²) in [7, 11) is 0. The Hall–Kier alpha value is -2.43. The summed E-state index contributed by atoms with van der Waals surface area (Å²) in [5.41, 5.74) is 4.98. The molecule has 0 saturated carbocycles. The fourth-order valence-corrected chi connectivity index (χ4v) is 3.62. The predicted molar refractivity (Wildman–Crippen MR) is 117 cm³/mol. The smallest absolute Gasteiger partial charge is 0.330 e. The highest BCUT2D eigenvalue weighted by Gasteiger charge is 2.19. The normalized spacial score (nSPS) is 15.7. The van der Waals surface area contributed by atoms with Crippen LogP contribution in [0.25, 0.3) is 11.1 Å². The molecule has 4 heteroatoms. The number of carbonyl (C=O) groups excluding carboxylic acids is 1. The molecule has 0 spiro atoms. The largest absolute Gasteiger partial charge is 0.463 e. The van der Waals surface area contributed by atoms with Gasteiger partial charge in [0.15, 0.2) is 0 Å². The van der Waals surface area contributed by atoms with Crippen LogP contribution in [0.2, 0.25) is 0 Å². The lowest BCUT2D eigenvalue weighted by Crippen LogP contribution is -2.37. The van der Waals surface area contributed by atoms with E-state index >= 15 is 0 Å². The summed E-state index contributed by atoms with van der Waals surface area (Å²) in [6, 6.07) is 17.1. The maximum Gasteiger partial charge on any atom is 0.330 e. The number of carbonyl (C=O) groups is 1. The van der Waals surface area contributed by atoms with Crippen molar-refractivity contribution >= 4 is 5.97 Å². The van der Waals surface area contributed by atoms with Gasteiger partial charge in [0.25, 0.3) is 0 Å². The summed E-state index contributed by atoms with van der Waals surface area (Å²) in [4.78, 5) is 13.7. The average Bonchev–Trinajstić information content (AvgIpc) is 2.74. The Bertz CT molecular complexity index is 805. The van der Waals surface area contributed by atoms with E-state index in [0.29, 0.717) is 13.2 Å². The third-order valence-corrected chi connectivity index (χ3v) is 5.29. The molecule has 0 amide bonds. The third-order valence-electron chi connectivity index (χ3n) is 5.29. The second kappa shape index (κ2) is 10.9. The zero-order chi connectivity index (χ0) is 20.5. The van der Waals surface area contributed by atoms with Gasteiger partial charge >= 0.3 is 5.97 Å². The first-order valence-electron chi connectivity index (χ1n) is 10.5. The first-order valence-corrected chi connectivity index (χ1v) is 10.5. The molecule has 1 fully saturated rings. The molecule has 1 heterocycles. The van der Waals surface area contributed by atoms with Crippen LogP contribution in [-0.4, -0.2) is 43.2 Å². The fourth-order valence-electron chi connectivity index (χ4n) is 3.62. The molecule has 4 nitrogen and oxygen atoms in total. The number of nitrogens with zero attached hydrogens (tertiary/aromatic N) is 1.